The lowest BCUT2D eigenvalue weighted by atomic mass is 9.33. The number of pyridine rings is 1. The summed E-state index contributed by atoms with van der Waals surface area (Å²) in [7, 11) is 0. The molecule has 11 rings (SSSR count). The first-order valence-corrected chi connectivity index (χ1v) is 19.8. The van der Waals surface area contributed by atoms with Crippen LogP contribution in [0.15, 0.2) is 158 Å². The maximum absolute atomic E-state index is 4.77. The van der Waals surface area contributed by atoms with Crippen LogP contribution in [0.5, 0.6) is 0 Å². The molecule has 5 aromatic carbocycles. The molecule has 2 unspecified atom stereocenters. The van der Waals surface area contributed by atoms with E-state index in [1.54, 1.807) is 0 Å². The van der Waals surface area contributed by atoms with Crippen LogP contribution in [0, 0.1) is 0 Å². The lowest BCUT2D eigenvalue weighted by molar-refractivity contribution is 0.195. The van der Waals surface area contributed by atoms with Crippen LogP contribution in [0.4, 0.5) is 39.8 Å². The molecule has 0 spiro atoms. The maximum Gasteiger partial charge on any atom is 0.252 e. The molecule has 5 heteroatoms. The van der Waals surface area contributed by atoms with E-state index < -0.39 is 0 Å². The molecule has 4 heterocycles. The van der Waals surface area contributed by atoms with Crippen LogP contribution in [0.3, 0.4) is 0 Å². The van der Waals surface area contributed by atoms with Crippen molar-refractivity contribution in [2.45, 2.75) is 63.3 Å². The fourth-order valence-electron chi connectivity index (χ4n) is 10.8. The Morgan fingerprint density at radius 1 is 0.630 bits per heavy atom. The van der Waals surface area contributed by atoms with Crippen molar-refractivity contribution < 1.29 is 0 Å². The van der Waals surface area contributed by atoms with Crippen LogP contribution in [-0.2, 0) is 5.41 Å². The molecule has 0 amide bonds. The highest BCUT2D eigenvalue weighted by molar-refractivity contribution is 7.00. The van der Waals surface area contributed by atoms with E-state index in [2.05, 4.69) is 168 Å². The van der Waals surface area contributed by atoms with Crippen molar-refractivity contribution in [3.05, 3.63) is 163 Å². The predicted octanol–water partition coefficient (Wildman–Crippen LogP) is 10.5. The number of hydrogen-bond donors (Lipinski definition) is 0. The first-order valence-electron chi connectivity index (χ1n) is 19.8. The highest BCUT2D eigenvalue weighted by atomic mass is 15.3. The summed E-state index contributed by atoms with van der Waals surface area (Å²) in [5.41, 5.74) is 17.9. The SMILES string of the molecule is CC12CCCCC1(C)N(c1cc3c4c(c1)N(c1ccccc1)c1ccccc1B4c1ccccc1N3C1=CC=CCC1)c1ccc(-c3ccccn3)cc12. The minimum absolute atomic E-state index is 0.0181. The van der Waals surface area contributed by atoms with Crippen molar-refractivity contribution in [3.8, 4) is 11.3 Å². The first-order chi connectivity index (χ1) is 26.5. The van der Waals surface area contributed by atoms with Gasteiger partial charge in [-0.05, 0) is 121 Å². The number of aromatic nitrogens is 1. The van der Waals surface area contributed by atoms with Crippen LogP contribution < -0.4 is 31.1 Å². The quantitative estimate of drug-likeness (QED) is 0.171. The number of benzene rings is 5. The van der Waals surface area contributed by atoms with Gasteiger partial charge in [0.05, 0.1) is 11.2 Å². The zero-order chi connectivity index (χ0) is 36.0. The van der Waals surface area contributed by atoms with E-state index in [9.17, 15) is 0 Å². The van der Waals surface area contributed by atoms with Crippen LogP contribution >= 0.6 is 0 Å². The second kappa shape index (κ2) is 11.8. The molecule has 1 fully saturated rings. The molecule has 0 bridgehead atoms. The molecular weight excluding hydrogens is 655 g/mol. The van der Waals surface area contributed by atoms with Gasteiger partial charge in [-0.1, -0.05) is 98.6 Å². The van der Waals surface area contributed by atoms with E-state index >= 15 is 0 Å². The minimum atomic E-state index is -0.106. The highest BCUT2D eigenvalue weighted by Gasteiger charge is 2.58. The zero-order valence-corrected chi connectivity index (χ0v) is 31.0. The van der Waals surface area contributed by atoms with Crippen molar-refractivity contribution in [1.82, 2.24) is 4.98 Å². The molecule has 1 saturated carbocycles. The third kappa shape index (κ3) is 4.36. The second-order valence-electron chi connectivity index (χ2n) is 16.2. The Labute approximate surface area is 319 Å². The summed E-state index contributed by atoms with van der Waals surface area (Å²) >= 11 is 0. The van der Waals surface area contributed by atoms with E-state index in [1.165, 1.54) is 92.3 Å². The van der Waals surface area contributed by atoms with Gasteiger partial charge in [0.25, 0.3) is 6.71 Å². The standard InChI is InChI=1S/C49H43BN4/c1-48-28-14-15-29-49(48,2)54(42-27-26-34(31-38(42)48)41-23-13-16-30-51-41)37-32-45-47-46(33-37)53(36-19-7-4-8-20-36)44-25-12-10-22-40(44)50(47)39-21-9-11-24-43(39)52(45)35-17-5-3-6-18-35/h3-7,9-13,16-19,21-27,30-33H,8,14-15,20,28-29H2,1-2H3. The van der Waals surface area contributed by atoms with Crippen molar-refractivity contribution in [3.63, 3.8) is 0 Å². The molecule has 2 atom stereocenters. The molecule has 3 aliphatic heterocycles. The van der Waals surface area contributed by atoms with Crippen molar-refractivity contribution >= 4 is 62.9 Å². The summed E-state index contributed by atoms with van der Waals surface area (Å²) in [5, 5.41) is 0. The molecule has 262 valence electrons. The monoisotopic (exact) mass is 698 g/mol. The highest BCUT2D eigenvalue weighted by Crippen LogP contribution is 2.62. The van der Waals surface area contributed by atoms with E-state index in [-0.39, 0.29) is 17.7 Å². The summed E-state index contributed by atoms with van der Waals surface area (Å²) in [6.07, 6.45) is 15.6. The number of para-hydroxylation sites is 3. The average molecular weight is 699 g/mol. The van der Waals surface area contributed by atoms with Gasteiger partial charge in [0.2, 0.25) is 0 Å². The molecule has 4 nitrogen and oxygen atoms in total. The van der Waals surface area contributed by atoms with Gasteiger partial charge in [0, 0.05) is 62.7 Å². The Morgan fingerprint density at radius 2 is 1.33 bits per heavy atom. The molecule has 1 aromatic heterocycles. The van der Waals surface area contributed by atoms with Crippen molar-refractivity contribution in [2.75, 3.05) is 14.7 Å². The van der Waals surface area contributed by atoms with E-state index in [0.29, 0.717) is 0 Å². The minimum Gasteiger partial charge on any atom is -0.334 e. The molecule has 0 N–H and O–H groups in total. The number of allylic oxidation sites excluding steroid dienone is 4. The molecule has 6 aromatic rings. The molecule has 0 saturated heterocycles. The number of hydrogen-bond acceptors (Lipinski definition) is 4. The molecule has 54 heavy (non-hydrogen) atoms. The predicted molar refractivity (Wildman–Crippen MR) is 227 cm³/mol. The summed E-state index contributed by atoms with van der Waals surface area (Å²) < 4.78 is 0. The van der Waals surface area contributed by atoms with Crippen LogP contribution in [-0.4, -0.2) is 17.2 Å². The Morgan fingerprint density at radius 3 is 2.07 bits per heavy atom. The Balaban J connectivity index is 1.22. The van der Waals surface area contributed by atoms with Gasteiger partial charge < -0.3 is 14.7 Å². The van der Waals surface area contributed by atoms with E-state index in [1.807, 2.05) is 12.3 Å². The van der Waals surface area contributed by atoms with Crippen LogP contribution in [0.1, 0.15) is 57.9 Å². The lowest BCUT2D eigenvalue weighted by Gasteiger charge is -2.51. The zero-order valence-electron chi connectivity index (χ0n) is 31.0. The number of fused-ring (bicyclic) bond motifs is 7. The van der Waals surface area contributed by atoms with Crippen molar-refractivity contribution in [2.24, 2.45) is 0 Å². The van der Waals surface area contributed by atoms with Gasteiger partial charge in [-0.15, -0.1) is 0 Å². The number of anilines is 7. The van der Waals surface area contributed by atoms with Crippen LogP contribution in [0.25, 0.3) is 11.3 Å². The number of nitrogens with zero attached hydrogens (tertiary/aromatic N) is 4. The largest absolute Gasteiger partial charge is 0.334 e. The van der Waals surface area contributed by atoms with Crippen molar-refractivity contribution in [1.29, 1.82) is 0 Å². The molecule has 5 aliphatic rings. The first kappa shape index (κ1) is 31.7. The lowest BCUT2D eigenvalue weighted by Crippen LogP contribution is -2.62. The van der Waals surface area contributed by atoms with Gasteiger partial charge >= 0.3 is 0 Å². The summed E-state index contributed by atoms with van der Waals surface area (Å²) in [5.74, 6) is 0. The Bertz CT molecular complexity index is 2530. The third-order valence-corrected chi connectivity index (χ3v) is 13.5. The second-order valence-corrected chi connectivity index (χ2v) is 16.2. The molecular formula is C49H43BN4. The summed E-state index contributed by atoms with van der Waals surface area (Å²) in [4.78, 5) is 12.7. The van der Waals surface area contributed by atoms with Gasteiger partial charge in [-0.2, -0.15) is 0 Å². The topological polar surface area (TPSA) is 22.6 Å². The molecule has 2 aliphatic carbocycles. The Hall–Kier alpha value is -5.81. The number of rotatable bonds is 4. The third-order valence-electron chi connectivity index (χ3n) is 13.5. The fourth-order valence-corrected chi connectivity index (χ4v) is 10.8. The molecule has 0 radical (unpaired) electrons. The smallest absolute Gasteiger partial charge is 0.252 e. The van der Waals surface area contributed by atoms with Crippen LogP contribution in [0.2, 0.25) is 0 Å². The van der Waals surface area contributed by atoms with E-state index in [4.69, 9.17) is 4.98 Å². The van der Waals surface area contributed by atoms with E-state index in [0.717, 1.165) is 25.0 Å². The fraction of sp³-hybridized carbons (Fsp3) is 0.204. The van der Waals surface area contributed by atoms with Gasteiger partial charge in [0.1, 0.15) is 0 Å². The average Bonchev–Trinajstić information content (AvgIpc) is 3.44. The summed E-state index contributed by atoms with van der Waals surface area (Å²) in [6.45, 7) is 5.21. The Kier molecular flexibility index (Phi) is 6.96. The van der Waals surface area contributed by atoms with Gasteiger partial charge in [-0.3, -0.25) is 4.98 Å². The maximum atomic E-state index is 4.77. The normalized spacial score (nSPS) is 21.9. The van der Waals surface area contributed by atoms with Gasteiger partial charge in [0.15, 0.2) is 0 Å². The van der Waals surface area contributed by atoms with Gasteiger partial charge in [-0.25, -0.2) is 0 Å². The summed E-state index contributed by atoms with van der Waals surface area (Å²) in [6, 6.07) is 47.8.